The van der Waals surface area contributed by atoms with Crippen LogP contribution in [0, 0.1) is 10.1 Å². The van der Waals surface area contributed by atoms with E-state index in [2.05, 4.69) is 9.97 Å². The Morgan fingerprint density at radius 3 is 2.39 bits per heavy atom. The second-order valence-corrected chi connectivity index (χ2v) is 5.22. The zero-order valence-corrected chi connectivity index (χ0v) is 11.3. The van der Waals surface area contributed by atoms with Gasteiger partial charge in [0.15, 0.2) is 0 Å². The number of rotatable bonds is 6. The number of halogens is 1. The molecule has 18 heavy (non-hydrogen) atoms. The summed E-state index contributed by atoms with van der Waals surface area (Å²) in [5.74, 6) is 0. The average Bonchev–Trinajstić information content (AvgIpc) is 2.28. The van der Waals surface area contributed by atoms with E-state index in [0.29, 0.717) is 0 Å². The summed E-state index contributed by atoms with van der Waals surface area (Å²) in [4.78, 5) is 17.2. The number of nitro groups is 1. The molecule has 1 aromatic heterocycles. The highest BCUT2D eigenvalue weighted by atomic mass is 35.5. The van der Waals surface area contributed by atoms with E-state index < -0.39 is 28.8 Å². The van der Waals surface area contributed by atoms with Crippen LogP contribution in [-0.4, -0.2) is 28.1 Å². The van der Waals surface area contributed by atoms with Gasteiger partial charge in [0, 0.05) is 0 Å². The first kappa shape index (κ1) is 15.0. The third kappa shape index (κ3) is 3.02. The van der Waals surface area contributed by atoms with Crippen LogP contribution in [0.2, 0.25) is 5.15 Å². The van der Waals surface area contributed by atoms with Gasteiger partial charge in [0.2, 0.25) is 10.6 Å². The monoisotopic (exact) mass is 295 g/mol. The molecule has 1 aromatic rings. The molecule has 10 heteroatoms. The molecule has 0 atom stereocenters. The normalized spacial score (nSPS) is 11.5. The Kier molecular flexibility index (Phi) is 5.15. The Balaban J connectivity index is 3.41. The summed E-state index contributed by atoms with van der Waals surface area (Å²) < 4.78 is 22.4. The zero-order valence-electron chi connectivity index (χ0n) is 9.70. The molecule has 0 fully saturated rings. The summed E-state index contributed by atoms with van der Waals surface area (Å²) in [5, 5.41) is 10.5. The van der Waals surface area contributed by atoms with E-state index >= 15 is 0 Å². The molecule has 0 aliphatic rings. The Bertz CT molecular complexity index is 488. The summed E-state index contributed by atoms with van der Waals surface area (Å²) in [6, 6.07) is 0. The van der Waals surface area contributed by atoms with E-state index in [1.165, 1.54) is 0 Å². The van der Waals surface area contributed by atoms with Crippen molar-refractivity contribution in [3.63, 3.8) is 0 Å². The summed E-state index contributed by atoms with van der Waals surface area (Å²) in [6.07, 6.45) is 0.968. The molecule has 0 saturated carbocycles. The van der Waals surface area contributed by atoms with Gasteiger partial charge in [-0.15, -0.1) is 0 Å². The van der Waals surface area contributed by atoms with Crippen LogP contribution in [0.5, 0.6) is 0 Å². The van der Waals surface area contributed by atoms with Crippen molar-refractivity contribution in [2.24, 2.45) is 0 Å². The smallest absolute Gasteiger partial charge is 0.304 e. The molecule has 1 rings (SSSR count). The number of aromatic nitrogens is 2. The van der Waals surface area contributed by atoms with Crippen molar-refractivity contribution in [3.05, 3.63) is 21.6 Å². The highest BCUT2D eigenvalue weighted by Gasteiger charge is 2.38. The Labute approximate surface area is 108 Å². The molecule has 0 N–H and O–H groups in total. The minimum atomic E-state index is -3.87. The molecular formula is C8H11ClN3O5P. The van der Waals surface area contributed by atoms with Crippen molar-refractivity contribution in [1.82, 2.24) is 9.97 Å². The molecule has 100 valence electrons. The van der Waals surface area contributed by atoms with Crippen LogP contribution >= 0.6 is 19.2 Å². The predicted molar refractivity (Wildman–Crippen MR) is 64.2 cm³/mol. The zero-order chi connectivity index (χ0) is 13.8. The van der Waals surface area contributed by atoms with Crippen molar-refractivity contribution in [2.45, 2.75) is 13.8 Å². The van der Waals surface area contributed by atoms with Crippen LogP contribution in [0.25, 0.3) is 0 Å². The average molecular weight is 296 g/mol. The van der Waals surface area contributed by atoms with Gasteiger partial charge in [0.1, 0.15) is 6.33 Å². The van der Waals surface area contributed by atoms with Gasteiger partial charge in [0.25, 0.3) is 0 Å². The Morgan fingerprint density at radius 2 is 1.94 bits per heavy atom. The van der Waals surface area contributed by atoms with E-state index in [-0.39, 0.29) is 13.2 Å². The summed E-state index contributed by atoms with van der Waals surface area (Å²) in [7, 11) is -3.87. The minimum Gasteiger partial charge on any atom is -0.304 e. The van der Waals surface area contributed by atoms with Crippen molar-refractivity contribution >= 4 is 30.3 Å². The summed E-state index contributed by atoms with van der Waals surface area (Å²) in [6.45, 7) is 3.27. The third-order valence-corrected chi connectivity index (χ3v) is 4.12. The molecule has 0 radical (unpaired) electrons. The first-order valence-corrected chi connectivity index (χ1v) is 6.92. The maximum Gasteiger partial charge on any atom is 0.386 e. The van der Waals surface area contributed by atoms with Crippen molar-refractivity contribution in [2.75, 3.05) is 13.2 Å². The second kappa shape index (κ2) is 6.19. The summed E-state index contributed by atoms with van der Waals surface area (Å²) in [5.41, 5.74) is -1.10. The van der Waals surface area contributed by atoms with Crippen molar-refractivity contribution < 1.29 is 18.5 Å². The Hall–Kier alpha value is -1.08. The van der Waals surface area contributed by atoms with Gasteiger partial charge < -0.3 is 9.05 Å². The lowest BCUT2D eigenvalue weighted by Gasteiger charge is -2.15. The van der Waals surface area contributed by atoms with E-state index in [9.17, 15) is 14.7 Å². The highest BCUT2D eigenvalue weighted by Crippen LogP contribution is 2.48. The van der Waals surface area contributed by atoms with Gasteiger partial charge in [-0.3, -0.25) is 14.7 Å². The van der Waals surface area contributed by atoms with E-state index in [0.717, 1.165) is 6.33 Å². The first-order chi connectivity index (χ1) is 8.46. The van der Waals surface area contributed by atoms with Gasteiger partial charge >= 0.3 is 13.3 Å². The van der Waals surface area contributed by atoms with Gasteiger partial charge in [-0.25, -0.2) is 9.97 Å². The van der Waals surface area contributed by atoms with Gasteiger partial charge in [-0.2, -0.15) is 0 Å². The predicted octanol–water partition coefficient (Wildman–Crippen LogP) is 1.93. The lowest BCUT2D eigenvalue weighted by atomic mass is 10.5. The number of hydrogen-bond donors (Lipinski definition) is 0. The molecule has 0 spiro atoms. The third-order valence-electron chi connectivity index (χ3n) is 1.80. The molecule has 0 aliphatic heterocycles. The molecule has 0 amide bonds. The minimum absolute atomic E-state index is 0.0516. The molecule has 0 aliphatic carbocycles. The van der Waals surface area contributed by atoms with E-state index in [4.69, 9.17) is 20.6 Å². The topological polar surface area (TPSA) is 104 Å². The molecule has 0 bridgehead atoms. The molecule has 0 aromatic carbocycles. The van der Waals surface area contributed by atoms with Crippen LogP contribution in [0.15, 0.2) is 6.33 Å². The van der Waals surface area contributed by atoms with Crippen LogP contribution in [-0.2, 0) is 13.6 Å². The summed E-state index contributed by atoms with van der Waals surface area (Å²) >= 11 is 5.61. The lowest BCUT2D eigenvalue weighted by molar-refractivity contribution is -0.384. The van der Waals surface area contributed by atoms with Crippen molar-refractivity contribution in [1.29, 1.82) is 0 Å². The second-order valence-electron chi connectivity index (χ2n) is 2.93. The number of nitrogens with zero attached hydrogens (tertiary/aromatic N) is 3. The quantitative estimate of drug-likeness (QED) is 0.342. The lowest BCUT2D eigenvalue weighted by Crippen LogP contribution is -2.19. The van der Waals surface area contributed by atoms with Crippen LogP contribution in [0.3, 0.4) is 0 Å². The standard InChI is InChI=1S/C8H11ClN3O5P/c1-3-16-18(15,17-4-2)8-6(12(13)14)7(9)10-5-11-8/h5H,3-4H2,1-2H3. The number of hydrogen-bond acceptors (Lipinski definition) is 7. The van der Waals surface area contributed by atoms with E-state index in [1.54, 1.807) is 13.8 Å². The fourth-order valence-electron chi connectivity index (χ4n) is 1.21. The SMILES string of the molecule is CCOP(=O)(OCC)c1ncnc(Cl)c1[N+](=O)[O-]. The molecule has 0 unspecified atom stereocenters. The van der Waals surface area contributed by atoms with Crippen molar-refractivity contribution in [3.8, 4) is 0 Å². The van der Waals surface area contributed by atoms with Gasteiger partial charge in [-0.05, 0) is 13.8 Å². The molecule has 0 saturated heterocycles. The van der Waals surface area contributed by atoms with Crippen LogP contribution in [0.1, 0.15) is 13.8 Å². The maximum absolute atomic E-state index is 12.4. The van der Waals surface area contributed by atoms with Crippen LogP contribution < -0.4 is 5.44 Å². The largest absolute Gasteiger partial charge is 0.386 e. The Morgan fingerprint density at radius 1 is 1.39 bits per heavy atom. The van der Waals surface area contributed by atoms with E-state index in [1.807, 2.05) is 0 Å². The molecule has 1 heterocycles. The molecular weight excluding hydrogens is 285 g/mol. The highest BCUT2D eigenvalue weighted by molar-refractivity contribution is 7.62. The van der Waals surface area contributed by atoms with Gasteiger partial charge in [0.05, 0.1) is 18.1 Å². The van der Waals surface area contributed by atoms with Gasteiger partial charge in [-0.1, -0.05) is 11.6 Å². The fraction of sp³-hybridized carbons (Fsp3) is 0.500. The molecule has 8 nitrogen and oxygen atoms in total. The maximum atomic E-state index is 12.4. The first-order valence-electron chi connectivity index (χ1n) is 5.00. The fourth-order valence-corrected chi connectivity index (χ4v) is 3.11. The van der Waals surface area contributed by atoms with Crippen LogP contribution in [0.4, 0.5) is 5.69 Å².